The van der Waals surface area contributed by atoms with Crippen LogP contribution in [0.2, 0.25) is 0 Å². The van der Waals surface area contributed by atoms with E-state index in [0.717, 1.165) is 16.5 Å². The summed E-state index contributed by atoms with van der Waals surface area (Å²) in [6, 6.07) is 5.55. The summed E-state index contributed by atoms with van der Waals surface area (Å²) in [5, 5.41) is 0.905. The first-order valence-corrected chi connectivity index (χ1v) is 5.88. The number of ether oxygens (including phenoxy) is 1. The number of aromatic nitrogens is 1. The molecule has 0 aliphatic carbocycles. The van der Waals surface area contributed by atoms with Crippen LogP contribution in [0.3, 0.4) is 0 Å². The van der Waals surface area contributed by atoms with Crippen LogP contribution in [-0.4, -0.2) is 23.6 Å². The molecule has 4 nitrogen and oxygen atoms in total. The molecule has 1 aromatic carbocycles. The van der Waals surface area contributed by atoms with E-state index in [-0.39, 0.29) is 11.5 Å². The maximum atomic E-state index is 11.8. The van der Waals surface area contributed by atoms with Crippen LogP contribution < -0.4 is 5.73 Å². The number of methoxy groups -OCH3 is 1. The van der Waals surface area contributed by atoms with E-state index in [4.69, 9.17) is 10.5 Å². The third-order valence-corrected chi connectivity index (χ3v) is 2.84. The molecule has 0 amide bonds. The fourth-order valence-corrected chi connectivity index (χ4v) is 2.17. The molecule has 0 spiro atoms. The zero-order chi connectivity index (χ0) is 13.3. The van der Waals surface area contributed by atoms with E-state index in [1.165, 1.54) is 7.11 Å². The molecule has 0 atom stereocenters. The maximum Gasteiger partial charge on any atom is 0.338 e. The van der Waals surface area contributed by atoms with Crippen LogP contribution in [0.5, 0.6) is 0 Å². The van der Waals surface area contributed by atoms with Gasteiger partial charge in [0.15, 0.2) is 0 Å². The van der Waals surface area contributed by atoms with Crippen LogP contribution in [0.15, 0.2) is 24.4 Å². The third-order valence-electron chi connectivity index (χ3n) is 2.84. The van der Waals surface area contributed by atoms with Crippen molar-refractivity contribution in [3.63, 3.8) is 0 Å². The Balaban J connectivity index is 2.59. The molecule has 0 fully saturated rings. The van der Waals surface area contributed by atoms with E-state index in [1.807, 2.05) is 32.2 Å². The highest BCUT2D eigenvalue weighted by Gasteiger charge is 2.19. The number of hydrogen-bond donors (Lipinski definition) is 2. The summed E-state index contributed by atoms with van der Waals surface area (Å²) >= 11 is 0. The standard InChI is InChI=1S/C14H18N2O2/c1-14(2,15)7-9-8-16-11-6-4-5-10(12(9)11)13(17)18-3/h4-6,8,16H,7,15H2,1-3H3. The van der Waals surface area contributed by atoms with Crippen LogP contribution >= 0.6 is 0 Å². The molecule has 1 aromatic heterocycles. The van der Waals surface area contributed by atoms with E-state index in [2.05, 4.69) is 4.98 Å². The molecule has 0 aliphatic heterocycles. The Hall–Kier alpha value is -1.81. The number of H-pyrrole nitrogens is 1. The van der Waals surface area contributed by atoms with E-state index in [1.54, 1.807) is 6.07 Å². The lowest BCUT2D eigenvalue weighted by Crippen LogP contribution is -2.34. The van der Waals surface area contributed by atoms with Crippen LogP contribution in [0, 0.1) is 0 Å². The highest BCUT2D eigenvalue weighted by molar-refractivity contribution is 6.05. The minimum Gasteiger partial charge on any atom is -0.465 e. The third kappa shape index (κ3) is 2.38. The van der Waals surface area contributed by atoms with Gasteiger partial charge in [-0.05, 0) is 38.0 Å². The van der Waals surface area contributed by atoms with Crippen molar-refractivity contribution in [2.45, 2.75) is 25.8 Å². The van der Waals surface area contributed by atoms with Gasteiger partial charge in [-0.15, -0.1) is 0 Å². The average molecular weight is 246 g/mol. The molecule has 2 aromatic rings. The molecule has 0 aliphatic rings. The zero-order valence-corrected chi connectivity index (χ0v) is 10.9. The monoisotopic (exact) mass is 246 g/mol. The second-order valence-electron chi connectivity index (χ2n) is 5.20. The SMILES string of the molecule is COC(=O)c1cccc2[nH]cc(CC(C)(C)N)c12. The summed E-state index contributed by atoms with van der Waals surface area (Å²) in [6.45, 7) is 3.93. The van der Waals surface area contributed by atoms with E-state index >= 15 is 0 Å². The fraction of sp³-hybridized carbons (Fsp3) is 0.357. The summed E-state index contributed by atoms with van der Waals surface area (Å²) in [5.41, 5.74) is 8.27. The van der Waals surface area contributed by atoms with Crippen molar-refractivity contribution in [3.8, 4) is 0 Å². The number of carbonyl (C=O) groups excluding carboxylic acids is 1. The van der Waals surface area contributed by atoms with Gasteiger partial charge in [-0.1, -0.05) is 6.07 Å². The van der Waals surface area contributed by atoms with Crippen molar-refractivity contribution < 1.29 is 9.53 Å². The topological polar surface area (TPSA) is 68.1 Å². The molecule has 96 valence electrons. The molecule has 18 heavy (non-hydrogen) atoms. The van der Waals surface area contributed by atoms with Gasteiger partial charge in [0.05, 0.1) is 12.7 Å². The molecule has 4 heteroatoms. The Bertz CT molecular complexity index is 579. The maximum absolute atomic E-state index is 11.8. The van der Waals surface area contributed by atoms with Gasteiger partial charge < -0.3 is 15.5 Å². The molecular weight excluding hydrogens is 228 g/mol. The van der Waals surface area contributed by atoms with Crippen molar-refractivity contribution in [2.75, 3.05) is 7.11 Å². The van der Waals surface area contributed by atoms with Crippen molar-refractivity contribution in [1.29, 1.82) is 0 Å². The largest absolute Gasteiger partial charge is 0.465 e. The normalized spacial score (nSPS) is 11.8. The first-order valence-electron chi connectivity index (χ1n) is 5.88. The number of rotatable bonds is 3. The molecule has 1 heterocycles. The number of fused-ring (bicyclic) bond motifs is 1. The minimum atomic E-state index is -0.323. The Kier molecular flexibility index (Phi) is 3.13. The highest BCUT2D eigenvalue weighted by Crippen LogP contribution is 2.25. The van der Waals surface area contributed by atoms with Crippen molar-refractivity contribution in [2.24, 2.45) is 5.73 Å². The summed E-state index contributed by atoms with van der Waals surface area (Å²) in [7, 11) is 1.39. The van der Waals surface area contributed by atoms with E-state index in [9.17, 15) is 4.79 Å². The smallest absolute Gasteiger partial charge is 0.338 e. The number of benzene rings is 1. The van der Waals surface area contributed by atoms with Gasteiger partial charge in [-0.2, -0.15) is 0 Å². The van der Waals surface area contributed by atoms with Crippen LogP contribution in [0.25, 0.3) is 10.9 Å². The van der Waals surface area contributed by atoms with Gasteiger partial charge in [0.2, 0.25) is 0 Å². The lowest BCUT2D eigenvalue weighted by Gasteiger charge is -2.18. The predicted octanol–water partition coefficient (Wildman–Crippen LogP) is 2.23. The Morgan fingerprint density at radius 1 is 1.44 bits per heavy atom. The number of nitrogens with one attached hydrogen (secondary N) is 1. The second-order valence-corrected chi connectivity index (χ2v) is 5.20. The molecule has 0 unspecified atom stereocenters. The van der Waals surface area contributed by atoms with Gasteiger partial charge in [0, 0.05) is 22.6 Å². The lowest BCUT2D eigenvalue weighted by atomic mass is 9.94. The quantitative estimate of drug-likeness (QED) is 0.816. The Morgan fingerprint density at radius 2 is 2.17 bits per heavy atom. The number of aromatic amines is 1. The zero-order valence-electron chi connectivity index (χ0n) is 10.9. The molecule has 3 N–H and O–H groups in total. The first-order chi connectivity index (χ1) is 8.42. The summed E-state index contributed by atoms with van der Waals surface area (Å²) in [4.78, 5) is 14.9. The number of carbonyl (C=O) groups is 1. The van der Waals surface area contributed by atoms with Crippen LogP contribution in [0.1, 0.15) is 29.8 Å². The van der Waals surface area contributed by atoms with Crippen molar-refractivity contribution >= 4 is 16.9 Å². The van der Waals surface area contributed by atoms with Crippen LogP contribution in [-0.2, 0) is 11.2 Å². The van der Waals surface area contributed by atoms with E-state index in [0.29, 0.717) is 12.0 Å². The van der Waals surface area contributed by atoms with Crippen molar-refractivity contribution in [1.82, 2.24) is 4.98 Å². The highest BCUT2D eigenvalue weighted by atomic mass is 16.5. The molecular formula is C14H18N2O2. The molecule has 2 rings (SSSR count). The van der Waals surface area contributed by atoms with Gasteiger partial charge in [-0.3, -0.25) is 0 Å². The van der Waals surface area contributed by atoms with Crippen LogP contribution in [0.4, 0.5) is 0 Å². The molecule has 0 saturated heterocycles. The number of esters is 1. The second kappa shape index (κ2) is 4.46. The summed E-state index contributed by atoms with van der Waals surface area (Å²) < 4.78 is 4.81. The fourth-order valence-electron chi connectivity index (χ4n) is 2.17. The van der Waals surface area contributed by atoms with Gasteiger partial charge in [0.1, 0.15) is 0 Å². The van der Waals surface area contributed by atoms with Gasteiger partial charge >= 0.3 is 5.97 Å². The summed E-state index contributed by atoms with van der Waals surface area (Å²) in [6.07, 6.45) is 2.60. The van der Waals surface area contributed by atoms with E-state index < -0.39 is 0 Å². The lowest BCUT2D eigenvalue weighted by molar-refractivity contribution is 0.0603. The Labute approximate surface area is 106 Å². The number of hydrogen-bond acceptors (Lipinski definition) is 3. The minimum absolute atomic E-state index is 0.321. The molecule has 0 bridgehead atoms. The number of nitrogens with two attached hydrogens (primary N) is 1. The molecule has 0 saturated carbocycles. The predicted molar refractivity (Wildman–Crippen MR) is 71.6 cm³/mol. The Morgan fingerprint density at radius 3 is 2.78 bits per heavy atom. The van der Waals surface area contributed by atoms with Gasteiger partial charge in [0.25, 0.3) is 0 Å². The average Bonchev–Trinajstić information content (AvgIpc) is 2.69. The van der Waals surface area contributed by atoms with Gasteiger partial charge in [-0.25, -0.2) is 4.79 Å². The van der Waals surface area contributed by atoms with Crippen molar-refractivity contribution in [3.05, 3.63) is 35.5 Å². The summed E-state index contributed by atoms with van der Waals surface area (Å²) in [5.74, 6) is -0.323. The molecule has 0 radical (unpaired) electrons. The first kappa shape index (κ1) is 12.6.